The van der Waals surface area contributed by atoms with E-state index in [9.17, 15) is 9.59 Å². The molecule has 1 aromatic carbocycles. The molecule has 4 nitrogen and oxygen atoms in total. The summed E-state index contributed by atoms with van der Waals surface area (Å²) >= 11 is 0. The van der Waals surface area contributed by atoms with Gasteiger partial charge in [0, 0.05) is 19.4 Å². The maximum atomic E-state index is 12.3. The predicted octanol–water partition coefficient (Wildman–Crippen LogP) is 3.00. The van der Waals surface area contributed by atoms with Gasteiger partial charge < -0.3 is 9.64 Å². The van der Waals surface area contributed by atoms with Gasteiger partial charge >= 0.3 is 5.97 Å². The van der Waals surface area contributed by atoms with E-state index in [2.05, 4.69) is 35.9 Å². The van der Waals surface area contributed by atoms with Gasteiger partial charge in [-0.05, 0) is 31.7 Å². The molecule has 1 fully saturated rings. The van der Waals surface area contributed by atoms with Crippen molar-refractivity contribution in [3.8, 4) is 0 Å². The summed E-state index contributed by atoms with van der Waals surface area (Å²) in [6.45, 7) is 2.88. The van der Waals surface area contributed by atoms with Crippen LogP contribution in [0.2, 0.25) is 0 Å². The molecule has 0 N–H and O–H groups in total. The molecule has 1 heterocycles. The van der Waals surface area contributed by atoms with Crippen molar-refractivity contribution >= 4 is 11.9 Å². The Morgan fingerprint density at radius 1 is 1.24 bits per heavy atom. The number of hydrogen-bond donors (Lipinski definition) is 0. The van der Waals surface area contributed by atoms with Crippen molar-refractivity contribution < 1.29 is 14.3 Å². The number of nitrogens with zero attached hydrogens (tertiary/aromatic N) is 1. The second-order valence-electron chi connectivity index (χ2n) is 5.59. The lowest BCUT2D eigenvalue weighted by Crippen LogP contribution is -2.30. The fourth-order valence-electron chi connectivity index (χ4n) is 2.83. The quantitative estimate of drug-likeness (QED) is 0.783. The van der Waals surface area contributed by atoms with Gasteiger partial charge in [-0.1, -0.05) is 29.8 Å². The Balaban J connectivity index is 1.93. The number of ether oxygens (including phenoxy) is 1. The van der Waals surface area contributed by atoms with Gasteiger partial charge in [-0.25, -0.2) is 0 Å². The van der Waals surface area contributed by atoms with Crippen LogP contribution in [0.5, 0.6) is 0 Å². The third-order valence-electron chi connectivity index (χ3n) is 4.03. The molecule has 0 radical (unpaired) electrons. The second kappa shape index (κ2) is 7.25. The molecule has 1 aliphatic heterocycles. The first-order valence-corrected chi connectivity index (χ1v) is 7.54. The van der Waals surface area contributed by atoms with Crippen molar-refractivity contribution in [3.05, 3.63) is 35.4 Å². The minimum Gasteiger partial charge on any atom is -0.469 e. The molecule has 1 saturated heterocycles. The van der Waals surface area contributed by atoms with Crippen LogP contribution in [0.1, 0.15) is 49.3 Å². The topological polar surface area (TPSA) is 46.6 Å². The normalized spacial score (nSPS) is 17.8. The summed E-state index contributed by atoms with van der Waals surface area (Å²) in [7, 11) is 1.37. The Morgan fingerprint density at radius 2 is 1.95 bits per heavy atom. The van der Waals surface area contributed by atoms with E-state index < -0.39 is 0 Å². The number of methoxy groups -OCH3 is 1. The number of carbonyl (C=O) groups is 2. The lowest BCUT2D eigenvalue weighted by Gasteiger charge is -2.25. The van der Waals surface area contributed by atoms with Crippen LogP contribution in [0.4, 0.5) is 0 Å². The predicted molar refractivity (Wildman–Crippen MR) is 80.7 cm³/mol. The minimum absolute atomic E-state index is 0.141. The number of benzene rings is 1. The Bertz CT molecular complexity index is 495. The zero-order valence-electron chi connectivity index (χ0n) is 12.8. The zero-order valence-corrected chi connectivity index (χ0v) is 12.8. The fourth-order valence-corrected chi connectivity index (χ4v) is 2.83. The Kier molecular flexibility index (Phi) is 5.37. The van der Waals surface area contributed by atoms with Crippen molar-refractivity contribution in [1.29, 1.82) is 0 Å². The van der Waals surface area contributed by atoms with Crippen molar-refractivity contribution in [2.24, 2.45) is 0 Å². The molecule has 1 atom stereocenters. The molecule has 1 aromatic rings. The first kappa shape index (κ1) is 15.5. The largest absolute Gasteiger partial charge is 0.469 e. The van der Waals surface area contributed by atoms with E-state index in [-0.39, 0.29) is 17.9 Å². The van der Waals surface area contributed by atoms with Gasteiger partial charge in [0.05, 0.1) is 13.2 Å². The molecule has 0 saturated carbocycles. The highest BCUT2D eigenvalue weighted by atomic mass is 16.5. The van der Waals surface area contributed by atoms with E-state index >= 15 is 0 Å². The Hall–Kier alpha value is -1.84. The second-order valence-corrected chi connectivity index (χ2v) is 5.59. The number of amides is 1. The summed E-state index contributed by atoms with van der Waals surface area (Å²) in [6, 6.07) is 8.59. The van der Waals surface area contributed by atoms with Gasteiger partial charge in [0.1, 0.15) is 0 Å². The SMILES string of the molecule is COC(=O)CCCC(=O)N1CCC[C@H]1c1ccc(C)cc1. The molecule has 2 rings (SSSR count). The molecule has 1 aliphatic rings. The Labute approximate surface area is 126 Å². The summed E-state index contributed by atoms with van der Waals surface area (Å²) in [5.41, 5.74) is 2.44. The highest BCUT2D eigenvalue weighted by molar-refractivity contribution is 5.78. The molecular formula is C17H23NO3. The van der Waals surface area contributed by atoms with Gasteiger partial charge in [0.2, 0.25) is 5.91 Å². The molecule has 0 unspecified atom stereocenters. The lowest BCUT2D eigenvalue weighted by molar-refractivity contribution is -0.140. The van der Waals surface area contributed by atoms with E-state index in [1.165, 1.54) is 18.2 Å². The van der Waals surface area contributed by atoms with Crippen molar-refractivity contribution in [1.82, 2.24) is 4.90 Å². The number of likely N-dealkylation sites (tertiary alicyclic amines) is 1. The average molecular weight is 289 g/mol. The summed E-state index contributed by atoms with van der Waals surface area (Å²) in [6.07, 6.45) is 3.35. The van der Waals surface area contributed by atoms with Crippen molar-refractivity contribution in [3.63, 3.8) is 0 Å². The fraction of sp³-hybridized carbons (Fsp3) is 0.529. The smallest absolute Gasteiger partial charge is 0.305 e. The summed E-state index contributed by atoms with van der Waals surface area (Å²) < 4.78 is 4.60. The molecule has 0 aliphatic carbocycles. The summed E-state index contributed by atoms with van der Waals surface area (Å²) in [4.78, 5) is 25.4. The molecule has 114 valence electrons. The maximum Gasteiger partial charge on any atom is 0.305 e. The first-order chi connectivity index (χ1) is 10.1. The molecule has 0 spiro atoms. The van der Waals surface area contributed by atoms with Crippen LogP contribution in [-0.4, -0.2) is 30.4 Å². The van der Waals surface area contributed by atoms with E-state index in [1.807, 2.05) is 4.90 Å². The van der Waals surface area contributed by atoms with Gasteiger partial charge in [-0.2, -0.15) is 0 Å². The highest BCUT2D eigenvalue weighted by Crippen LogP contribution is 2.32. The highest BCUT2D eigenvalue weighted by Gasteiger charge is 2.29. The van der Waals surface area contributed by atoms with E-state index in [4.69, 9.17) is 0 Å². The molecular weight excluding hydrogens is 266 g/mol. The summed E-state index contributed by atoms with van der Waals surface area (Å²) in [5.74, 6) is -0.110. The standard InChI is InChI=1S/C17H23NO3/c1-13-8-10-14(11-9-13)15-5-4-12-18(15)16(19)6-3-7-17(20)21-2/h8-11,15H,3-7,12H2,1-2H3/t15-/m0/s1. The number of hydrogen-bond acceptors (Lipinski definition) is 3. The molecule has 4 heteroatoms. The van der Waals surface area contributed by atoms with Crippen molar-refractivity contribution in [2.45, 2.75) is 45.1 Å². The Morgan fingerprint density at radius 3 is 2.62 bits per heavy atom. The average Bonchev–Trinajstić information content (AvgIpc) is 2.97. The van der Waals surface area contributed by atoms with Crippen LogP contribution in [0.15, 0.2) is 24.3 Å². The van der Waals surface area contributed by atoms with E-state index in [0.717, 1.165) is 19.4 Å². The van der Waals surface area contributed by atoms with Crippen molar-refractivity contribution in [2.75, 3.05) is 13.7 Å². The summed E-state index contributed by atoms with van der Waals surface area (Å²) in [5, 5.41) is 0. The zero-order chi connectivity index (χ0) is 15.2. The van der Waals surface area contributed by atoms with Gasteiger partial charge in [0.25, 0.3) is 0 Å². The van der Waals surface area contributed by atoms with Crippen LogP contribution in [0, 0.1) is 6.92 Å². The third-order valence-corrected chi connectivity index (χ3v) is 4.03. The van der Waals surface area contributed by atoms with E-state index in [1.54, 1.807) is 0 Å². The van der Waals surface area contributed by atoms with E-state index in [0.29, 0.717) is 19.3 Å². The number of aryl methyl sites for hydroxylation is 1. The third kappa shape index (κ3) is 4.06. The monoisotopic (exact) mass is 289 g/mol. The molecule has 0 bridgehead atoms. The molecule has 0 aromatic heterocycles. The van der Waals surface area contributed by atoms with Crippen LogP contribution >= 0.6 is 0 Å². The maximum absolute atomic E-state index is 12.3. The number of carbonyl (C=O) groups excluding carboxylic acids is 2. The van der Waals surface area contributed by atoms with Crippen LogP contribution in [-0.2, 0) is 14.3 Å². The minimum atomic E-state index is -0.251. The first-order valence-electron chi connectivity index (χ1n) is 7.54. The molecule has 21 heavy (non-hydrogen) atoms. The molecule has 1 amide bonds. The van der Waals surface area contributed by atoms with Crippen LogP contribution < -0.4 is 0 Å². The number of esters is 1. The van der Waals surface area contributed by atoms with Crippen LogP contribution in [0.3, 0.4) is 0 Å². The number of rotatable bonds is 5. The van der Waals surface area contributed by atoms with Crippen LogP contribution in [0.25, 0.3) is 0 Å². The van der Waals surface area contributed by atoms with Gasteiger partial charge in [-0.15, -0.1) is 0 Å². The van der Waals surface area contributed by atoms with Gasteiger partial charge in [-0.3, -0.25) is 9.59 Å². The van der Waals surface area contributed by atoms with Gasteiger partial charge in [0.15, 0.2) is 0 Å². The lowest BCUT2D eigenvalue weighted by atomic mass is 10.0.